The standard InChI is InChI=1S/C22H26Cl2N4O5/c1-3-5-11-27(19-20(25)28(10-4-2)22(32)26-21(19)31)17(29)13-33-18(30)9-7-14-6-8-15(23)12-16(14)24/h6-9,12H,3-5,10-11,13,25H2,1-2H3,(H,26,31,32)/b9-7+. The average molecular weight is 497 g/mol. The highest BCUT2D eigenvalue weighted by Gasteiger charge is 2.24. The number of aromatic nitrogens is 2. The Balaban J connectivity index is 2.21. The topological polar surface area (TPSA) is 127 Å². The summed E-state index contributed by atoms with van der Waals surface area (Å²) in [6.45, 7) is 3.59. The van der Waals surface area contributed by atoms with Crippen LogP contribution in [0.1, 0.15) is 38.7 Å². The number of unbranched alkanes of at least 4 members (excludes halogenated alkanes) is 1. The molecule has 0 bridgehead atoms. The first-order valence-corrected chi connectivity index (χ1v) is 11.2. The second-order valence-corrected chi connectivity index (χ2v) is 7.99. The summed E-state index contributed by atoms with van der Waals surface area (Å²) in [6.07, 6.45) is 4.46. The fraction of sp³-hybridized carbons (Fsp3) is 0.364. The summed E-state index contributed by atoms with van der Waals surface area (Å²) >= 11 is 11.9. The van der Waals surface area contributed by atoms with Gasteiger partial charge in [0.2, 0.25) is 0 Å². The van der Waals surface area contributed by atoms with Gasteiger partial charge in [0.15, 0.2) is 12.3 Å². The van der Waals surface area contributed by atoms with E-state index in [1.54, 1.807) is 12.1 Å². The van der Waals surface area contributed by atoms with Crippen molar-refractivity contribution in [2.45, 2.75) is 39.7 Å². The van der Waals surface area contributed by atoms with E-state index in [0.29, 0.717) is 28.5 Å². The molecule has 1 aromatic carbocycles. The lowest BCUT2D eigenvalue weighted by Gasteiger charge is -2.24. The van der Waals surface area contributed by atoms with Gasteiger partial charge in [-0.1, -0.05) is 49.5 Å². The smallest absolute Gasteiger partial charge is 0.331 e. The van der Waals surface area contributed by atoms with E-state index in [2.05, 4.69) is 4.98 Å². The molecule has 0 atom stereocenters. The van der Waals surface area contributed by atoms with Crippen LogP contribution < -0.4 is 21.9 Å². The molecular weight excluding hydrogens is 471 g/mol. The SMILES string of the molecule is CCCCN(C(=O)COC(=O)/C=C/c1ccc(Cl)cc1Cl)c1c(N)n(CCC)c(=O)[nH]c1=O. The first kappa shape index (κ1) is 26.2. The molecule has 3 N–H and O–H groups in total. The van der Waals surface area contributed by atoms with Gasteiger partial charge in [-0.05, 0) is 36.6 Å². The number of rotatable bonds is 10. The fourth-order valence-corrected chi connectivity index (χ4v) is 3.49. The number of aromatic amines is 1. The molecule has 11 heteroatoms. The number of nitrogen functional groups attached to an aromatic ring is 1. The normalized spacial score (nSPS) is 11.0. The molecule has 1 heterocycles. The first-order valence-electron chi connectivity index (χ1n) is 10.4. The zero-order valence-electron chi connectivity index (χ0n) is 18.4. The van der Waals surface area contributed by atoms with Gasteiger partial charge in [0.25, 0.3) is 11.5 Å². The van der Waals surface area contributed by atoms with Gasteiger partial charge in [0, 0.05) is 29.2 Å². The number of benzene rings is 1. The molecule has 0 fully saturated rings. The van der Waals surface area contributed by atoms with Gasteiger partial charge in [0.1, 0.15) is 5.82 Å². The Morgan fingerprint density at radius 2 is 1.94 bits per heavy atom. The number of nitrogens with two attached hydrogens (primary N) is 1. The maximum atomic E-state index is 12.9. The fourth-order valence-electron chi connectivity index (χ4n) is 3.01. The minimum atomic E-state index is -0.780. The number of H-pyrrole nitrogens is 1. The molecule has 0 aliphatic carbocycles. The van der Waals surface area contributed by atoms with Crippen LogP contribution in [0.15, 0.2) is 33.9 Å². The average Bonchev–Trinajstić information content (AvgIpc) is 2.76. The van der Waals surface area contributed by atoms with Crippen molar-refractivity contribution in [1.82, 2.24) is 9.55 Å². The zero-order chi connectivity index (χ0) is 24.5. The highest BCUT2D eigenvalue weighted by molar-refractivity contribution is 6.35. The Kier molecular flexibility index (Phi) is 9.74. The Morgan fingerprint density at radius 1 is 1.21 bits per heavy atom. The predicted octanol–water partition coefficient (Wildman–Crippen LogP) is 3.23. The molecule has 0 spiro atoms. The van der Waals surface area contributed by atoms with E-state index in [4.69, 9.17) is 33.7 Å². The van der Waals surface area contributed by atoms with E-state index in [1.807, 2.05) is 13.8 Å². The second kappa shape index (κ2) is 12.3. The van der Waals surface area contributed by atoms with E-state index in [1.165, 1.54) is 16.7 Å². The molecule has 2 rings (SSSR count). The zero-order valence-corrected chi connectivity index (χ0v) is 19.9. The van der Waals surface area contributed by atoms with Crippen molar-refractivity contribution >= 4 is 52.7 Å². The van der Waals surface area contributed by atoms with Gasteiger partial charge in [-0.3, -0.25) is 19.1 Å². The third-order valence-electron chi connectivity index (χ3n) is 4.67. The van der Waals surface area contributed by atoms with Gasteiger partial charge in [-0.2, -0.15) is 0 Å². The molecule has 0 saturated heterocycles. The lowest BCUT2D eigenvalue weighted by molar-refractivity contribution is -0.142. The molecule has 0 unspecified atom stereocenters. The van der Waals surface area contributed by atoms with Gasteiger partial charge in [-0.25, -0.2) is 9.59 Å². The second-order valence-electron chi connectivity index (χ2n) is 7.15. The number of anilines is 2. The van der Waals surface area contributed by atoms with E-state index in [-0.39, 0.29) is 24.6 Å². The lowest BCUT2D eigenvalue weighted by Crippen LogP contribution is -2.43. The quantitative estimate of drug-likeness (QED) is 0.383. The lowest BCUT2D eigenvalue weighted by atomic mass is 10.2. The molecule has 1 amide bonds. The number of amides is 1. The first-order chi connectivity index (χ1) is 15.7. The third kappa shape index (κ3) is 6.97. The molecule has 0 aliphatic rings. The minimum absolute atomic E-state index is 0.112. The maximum Gasteiger partial charge on any atom is 0.331 e. The van der Waals surface area contributed by atoms with Crippen LogP contribution in [0.4, 0.5) is 11.5 Å². The van der Waals surface area contributed by atoms with Crippen molar-refractivity contribution in [3.63, 3.8) is 0 Å². The van der Waals surface area contributed by atoms with Crippen molar-refractivity contribution in [2.75, 3.05) is 23.8 Å². The van der Waals surface area contributed by atoms with Gasteiger partial charge >= 0.3 is 11.7 Å². The van der Waals surface area contributed by atoms with Crippen LogP contribution in [0, 0.1) is 0 Å². The summed E-state index contributed by atoms with van der Waals surface area (Å²) < 4.78 is 6.25. The Hall–Kier alpha value is -3.04. The number of hydrogen-bond donors (Lipinski definition) is 2. The molecule has 1 aromatic heterocycles. The van der Waals surface area contributed by atoms with Crippen molar-refractivity contribution < 1.29 is 14.3 Å². The van der Waals surface area contributed by atoms with Crippen molar-refractivity contribution in [2.24, 2.45) is 0 Å². The highest BCUT2D eigenvalue weighted by atomic mass is 35.5. The van der Waals surface area contributed by atoms with Crippen LogP contribution in [0.25, 0.3) is 6.08 Å². The Labute approximate surface area is 200 Å². The van der Waals surface area contributed by atoms with Crippen LogP contribution in [-0.4, -0.2) is 34.6 Å². The summed E-state index contributed by atoms with van der Waals surface area (Å²) in [7, 11) is 0. The Bertz CT molecular complexity index is 1160. The molecular formula is C22H26Cl2N4O5. The van der Waals surface area contributed by atoms with E-state index >= 15 is 0 Å². The molecule has 0 aliphatic heterocycles. The number of hydrogen-bond acceptors (Lipinski definition) is 6. The molecule has 2 aromatic rings. The molecule has 0 saturated carbocycles. The maximum absolute atomic E-state index is 12.9. The van der Waals surface area contributed by atoms with Crippen molar-refractivity contribution in [3.8, 4) is 0 Å². The number of nitrogens with zero attached hydrogens (tertiary/aromatic N) is 2. The number of halogens is 2. The van der Waals surface area contributed by atoms with Gasteiger partial charge < -0.3 is 15.4 Å². The van der Waals surface area contributed by atoms with Crippen LogP contribution in [0.2, 0.25) is 10.0 Å². The van der Waals surface area contributed by atoms with E-state index in [9.17, 15) is 19.2 Å². The predicted molar refractivity (Wildman–Crippen MR) is 130 cm³/mol. The molecule has 9 nitrogen and oxygen atoms in total. The number of ether oxygens (including phenoxy) is 1. The van der Waals surface area contributed by atoms with Crippen LogP contribution >= 0.6 is 23.2 Å². The minimum Gasteiger partial charge on any atom is -0.452 e. The summed E-state index contributed by atoms with van der Waals surface area (Å²) in [5.41, 5.74) is 5.06. The van der Waals surface area contributed by atoms with Crippen LogP contribution in [0.5, 0.6) is 0 Å². The monoisotopic (exact) mass is 496 g/mol. The number of carbonyl (C=O) groups is 2. The largest absolute Gasteiger partial charge is 0.452 e. The molecule has 0 radical (unpaired) electrons. The van der Waals surface area contributed by atoms with Crippen LogP contribution in [0.3, 0.4) is 0 Å². The summed E-state index contributed by atoms with van der Waals surface area (Å²) in [6, 6.07) is 4.78. The van der Waals surface area contributed by atoms with Gasteiger partial charge in [-0.15, -0.1) is 0 Å². The van der Waals surface area contributed by atoms with E-state index < -0.39 is 29.7 Å². The number of carbonyl (C=O) groups excluding carboxylic acids is 2. The third-order valence-corrected chi connectivity index (χ3v) is 5.23. The summed E-state index contributed by atoms with van der Waals surface area (Å²) in [4.78, 5) is 52.9. The van der Waals surface area contributed by atoms with Gasteiger partial charge in [0.05, 0.1) is 0 Å². The summed E-state index contributed by atoms with van der Waals surface area (Å²) in [5, 5.41) is 0.808. The molecule has 178 valence electrons. The summed E-state index contributed by atoms with van der Waals surface area (Å²) in [5.74, 6) is -1.53. The van der Waals surface area contributed by atoms with Crippen LogP contribution in [-0.2, 0) is 20.9 Å². The number of nitrogens with one attached hydrogen (secondary N) is 1. The number of esters is 1. The highest BCUT2D eigenvalue weighted by Crippen LogP contribution is 2.22. The Morgan fingerprint density at radius 3 is 2.58 bits per heavy atom. The molecule has 33 heavy (non-hydrogen) atoms. The van der Waals surface area contributed by atoms with Crippen molar-refractivity contribution in [3.05, 3.63) is 60.7 Å². The van der Waals surface area contributed by atoms with Crippen molar-refractivity contribution in [1.29, 1.82) is 0 Å². The van der Waals surface area contributed by atoms with E-state index in [0.717, 1.165) is 17.4 Å².